The van der Waals surface area contributed by atoms with Crippen LogP contribution < -0.4 is 0 Å². The highest BCUT2D eigenvalue weighted by molar-refractivity contribution is 5.92. The average molecular weight is 318 g/mol. The molecule has 0 atom stereocenters. The summed E-state index contributed by atoms with van der Waals surface area (Å²) in [6.07, 6.45) is 15.9. The molecule has 1 rings (SSSR count). The summed E-state index contributed by atoms with van der Waals surface area (Å²) in [5.41, 5.74) is 0.781. The van der Waals surface area contributed by atoms with Crippen molar-refractivity contribution in [1.29, 1.82) is 0 Å². The number of rotatable bonds is 12. The van der Waals surface area contributed by atoms with Crippen LogP contribution in [0.3, 0.4) is 0 Å². The van der Waals surface area contributed by atoms with E-state index >= 15 is 0 Å². The van der Waals surface area contributed by atoms with Crippen molar-refractivity contribution in [3.05, 3.63) is 41.5 Å². The number of aromatic carboxylic acids is 1. The van der Waals surface area contributed by atoms with Crippen LogP contribution in [0.25, 0.3) is 0 Å². The molecule has 0 saturated carbocycles. The van der Waals surface area contributed by atoms with Gasteiger partial charge in [0, 0.05) is 0 Å². The summed E-state index contributed by atoms with van der Waals surface area (Å²) in [6, 6.07) is 4.93. The van der Waals surface area contributed by atoms with Crippen LogP contribution in [0.1, 0.15) is 80.6 Å². The van der Waals surface area contributed by atoms with E-state index in [4.69, 9.17) is 5.11 Å². The number of carboxylic acid groups (broad SMARTS) is 1. The average Bonchev–Trinajstić information content (AvgIpc) is 2.52. The molecule has 23 heavy (non-hydrogen) atoms. The molecule has 2 N–H and O–H groups in total. The smallest absolute Gasteiger partial charge is 0.339 e. The van der Waals surface area contributed by atoms with Crippen molar-refractivity contribution in [3.8, 4) is 5.75 Å². The van der Waals surface area contributed by atoms with E-state index in [-0.39, 0.29) is 11.3 Å². The predicted molar refractivity (Wildman–Crippen MR) is 95.1 cm³/mol. The summed E-state index contributed by atoms with van der Waals surface area (Å²) < 4.78 is 0. The number of aromatic hydroxyl groups is 1. The normalized spacial score (nSPS) is 11.2. The highest BCUT2D eigenvalue weighted by Gasteiger charge is 2.14. The molecule has 0 amide bonds. The number of phenols is 1. The van der Waals surface area contributed by atoms with Crippen molar-refractivity contribution in [2.45, 2.75) is 71.1 Å². The molecule has 1 aromatic carbocycles. The molecule has 0 bridgehead atoms. The van der Waals surface area contributed by atoms with Gasteiger partial charge in [-0.15, -0.1) is 0 Å². The van der Waals surface area contributed by atoms with E-state index in [2.05, 4.69) is 19.1 Å². The molecule has 0 saturated heterocycles. The van der Waals surface area contributed by atoms with Gasteiger partial charge in [-0.05, 0) is 50.2 Å². The van der Waals surface area contributed by atoms with E-state index in [1.54, 1.807) is 12.1 Å². The summed E-state index contributed by atoms with van der Waals surface area (Å²) in [7, 11) is 0. The van der Waals surface area contributed by atoms with Gasteiger partial charge in [0.2, 0.25) is 0 Å². The van der Waals surface area contributed by atoms with E-state index in [9.17, 15) is 9.90 Å². The second-order valence-electron chi connectivity index (χ2n) is 6.04. The Labute approximate surface area is 140 Å². The third kappa shape index (κ3) is 7.87. The summed E-state index contributed by atoms with van der Waals surface area (Å²) in [6.45, 7) is 2.23. The second kappa shape index (κ2) is 11.8. The summed E-state index contributed by atoms with van der Waals surface area (Å²) in [5, 5.41) is 18.8. The number of hydrogen-bond donors (Lipinski definition) is 2. The minimum atomic E-state index is -1.05. The third-order valence-corrected chi connectivity index (χ3v) is 4.05. The van der Waals surface area contributed by atoms with Gasteiger partial charge in [0.1, 0.15) is 11.3 Å². The zero-order valence-corrected chi connectivity index (χ0v) is 14.3. The van der Waals surface area contributed by atoms with Crippen molar-refractivity contribution in [1.82, 2.24) is 0 Å². The fourth-order valence-corrected chi connectivity index (χ4v) is 2.72. The molecule has 0 fully saturated rings. The Kier molecular flexibility index (Phi) is 9.85. The van der Waals surface area contributed by atoms with Gasteiger partial charge in [0.05, 0.1) is 0 Å². The number of aryl methyl sites for hydroxylation is 1. The van der Waals surface area contributed by atoms with Crippen LogP contribution in [0.5, 0.6) is 5.75 Å². The fourth-order valence-electron chi connectivity index (χ4n) is 2.72. The molecule has 1 aromatic rings. The van der Waals surface area contributed by atoms with Crippen LogP contribution in [-0.2, 0) is 6.42 Å². The molecule has 3 heteroatoms. The maximum Gasteiger partial charge on any atom is 0.339 e. The number of carbonyl (C=O) groups is 1. The zero-order chi connectivity index (χ0) is 16.9. The van der Waals surface area contributed by atoms with Crippen LogP contribution >= 0.6 is 0 Å². The Balaban J connectivity index is 2.17. The first-order valence-corrected chi connectivity index (χ1v) is 8.86. The topological polar surface area (TPSA) is 57.5 Å². The first kappa shape index (κ1) is 19.3. The van der Waals surface area contributed by atoms with Gasteiger partial charge in [-0.25, -0.2) is 4.79 Å². The van der Waals surface area contributed by atoms with Crippen LogP contribution in [0.15, 0.2) is 30.4 Å². The summed E-state index contributed by atoms with van der Waals surface area (Å²) in [4.78, 5) is 11.2. The van der Waals surface area contributed by atoms with Crippen molar-refractivity contribution < 1.29 is 15.0 Å². The minimum absolute atomic E-state index is 0.0551. The van der Waals surface area contributed by atoms with Gasteiger partial charge in [-0.1, -0.05) is 56.9 Å². The Morgan fingerprint density at radius 1 is 1.00 bits per heavy atom. The molecule has 0 aliphatic heterocycles. The molecule has 0 aliphatic carbocycles. The second-order valence-corrected chi connectivity index (χ2v) is 6.04. The van der Waals surface area contributed by atoms with E-state index in [0.29, 0.717) is 6.42 Å². The molecule has 0 radical (unpaired) electrons. The van der Waals surface area contributed by atoms with E-state index < -0.39 is 5.97 Å². The third-order valence-electron chi connectivity index (χ3n) is 4.05. The number of unbranched alkanes of at least 4 members (excludes halogenated alkanes) is 7. The van der Waals surface area contributed by atoms with Crippen molar-refractivity contribution >= 4 is 5.97 Å². The Morgan fingerprint density at radius 2 is 1.65 bits per heavy atom. The summed E-state index contributed by atoms with van der Waals surface area (Å²) >= 11 is 0. The zero-order valence-electron chi connectivity index (χ0n) is 14.3. The minimum Gasteiger partial charge on any atom is -0.507 e. The van der Waals surface area contributed by atoms with Gasteiger partial charge in [-0.2, -0.15) is 0 Å². The van der Waals surface area contributed by atoms with Crippen LogP contribution in [0.4, 0.5) is 0 Å². The molecule has 0 unspecified atom stereocenters. The molecule has 3 nitrogen and oxygen atoms in total. The number of allylic oxidation sites excluding steroid dienone is 2. The SMILES string of the molecule is CCCCCCC=CCCCCCc1cccc(O)c1C(=O)O. The fraction of sp³-hybridized carbons (Fsp3) is 0.550. The molecular formula is C20H30O3. The van der Waals surface area contributed by atoms with E-state index in [1.165, 1.54) is 38.2 Å². The van der Waals surface area contributed by atoms with Crippen molar-refractivity contribution in [3.63, 3.8) is 0 Å². The monoisotopic (exact) mass is 318 g/mol. The number of hydrogen-bond acceptors (Lipinski definition) is 2. The quantitative estimate of drug-likeness (QED) is 0.383. The largest absolute Gasteiger partial charge is 0.507 e. The molecular weight excluding hydrogens is 288 g/mol. The Hall–Kier alpha value is -1.77. The number of carboxylic acids is 1. The lowest BCUT2D eigenvalue weighted by atomic mass is 10.00. The highest BCUT2D eigenvalue weighted by Crippen LogP contribution is 2.22. The van der Waals surface area contributed by atoms with Crippen molar-refractivity contribution in [2.24, 2.45) is 0 Å². The summed E-state index contributed by atoms with van der Waals surface area (Å²) in [5.74, 6) is -1.19. The van der Waals surface area contributed by atoms with Gasteiger partial charge < -0.3 is 10.2 Å². The molecule has 0 aromatic heterocycles. The van der Waals surface area contributed by atoms with Gasteiger partial charge >= 0.3 is 5.97 Å². The van der Waals surface area contributed by atoms with Gasteiger partial charge in [0.15, 0.2) is 0 Å². The lowest BCUT2D eigenvalue weighted by molar-refractivity contribution is 0.0692. The maximum absolute atomic E-state index is 11.2. The first-order valence-electron chi connectivity index (χ1n) is 8.86. The van der Waals surface area contributed by atoms with E-state index in [1.807, 2.05) is 0 Å². The lowest BCUT2D eigenvalue weighted by Gasteiger charge is -2.07. The Morgan fingerprint density at radius 3 is 2.26 bits per heavy atom. The van der Waals surface area contributed by atoms with Crippen molar-refractivity contribution in [2.75, 3.05) is 0 Å². The molecule has 0 aliphatic rings. The van der Waals surface area contributed by atoms with Crippen LogP contribution in [0, 0.1) is 0 Å². The van der Waals surface area contributed by atoms with Gasteiger partial charge in [-0.3, -0.25) is 0 Å². The highest BCUT2D eigenvalue weighted by atomic mass is 16.4. The van der Waals surface area contributed by atoms with Gasteiger partial charge in [0.25, 0.3) is 0 Å². The molecule has 0 heterocycles. The standard InChI is InChI=1S/C20H30O3/c1-2-3-4-5-6-7-8-9-10-11-12-14-17-15-13-16-18(21)19(17)20(22)23/h7-8,13,15-16,21H,2-6,9-12,14H2,1H3,(H,22,23). The molecule has 128 valence electrons. The lowest BCUT2D eigenvalue weighted by Crippen LogP contribution is -2.03. The van der Waals surface area contributed by atoms with Crippen LogP contribution in [0.2, 0.25) is 0 Å². The predicted octanol–water partition coefficient (Wildman–Crippen LogP) is 5.72. The molecule has 0 spiro atoms. The first-order chi connectivity index (χ1) is 11.2. The Bertz CT molecular complexity index is 492. The maximum atomic E-state index is 11.2. The van der Waals surface area contributed by atoms with E-state index in [0.717, 1.165) is 31.2 Å². The van der Waals surface area contributed by atoms with Crippen LogP contribution in [-0.4, -0.2) is 16.2 Å². The number of benzene rings is 1.